The minimum absolute atomic E-state index is 0.201. The highest BCUT2D eigenvalue weighted by Crippen LogP contribution is 2.24. The molecule has 7 nitrogen and oxygen atoms in total. The molecule has 2 rings (SSSR count). The van der Waals surface area contributed by atoms with E-state index in [4.69, 9.17) is 20.6 Å². The molecule has 0 bridgehead atoms. The number of aliphatic hydroxyl groups is 1. The van der Waals surface area contributed by atoms with Gasteiger partial charge in [0, 0.05) is 24.5 Å². The lowest BCUT2D eigenvalue weighted by atomic mass is 9.99. The Morgan fingerprint density at radius 1 is 1.46 bits per heavy atom. The van der Waals surface area contributed by atoms with Crippen molar-refractivity contribution in [3.8, 4) is 0 Å². The number of hydrogen-bond donors (Lipinski definition) is 3. The van der Waals surface area contributed by atoms with Crippen molar-refractivity contribution in [3.63, 3.8) is 0 Å². The summed E-state index contributed by atoms with van der Waals surface area (Å²) in [6.07, 6.45) is -6.15. The van der Waals surface area contributed by atoms with E-state index >= 15 is 0 Å². The number of rotatable bonds is 5. The molecular formula is C19H27N3O4. The molecule has 0 aromatic heterocycles. The van der Waals surface area contributed by atoms with Crippen LogP contribution < -0.4 is 10.6 Å². The summed E-state index contributed by atoms with van der Waals surface area (Å²) in [5.41, 5.74) is -2.36. The molecule has 0 fully saturated rings. The molecule has 0 saturated heterocycles. The number of benzene rings is 1. The number of carbonyl (C=O) groups excluding carboxylic acids is 3. The molecule has 0 radical (unpaired) electrons. The van der Waals surface area contributed by atoms with E-state index in [2.05, 4.69) is 0 Å². The van der Waals surface area contributed by atoms with Gasteiger partial charge in [0.15, 0.2) is 0 Å². The van der Waals surface area contributed by atoms with Gasteiger partial charge in [-0.15, -0.1) is 0 Å². The van der Waals surface area contributed by atoms with Crippen molar-refractivity contribution in [2.24, 2.45) is 5.92 Å². The maximum Gasteiger partial charge on any atom is 0.249 e. The van der Waals surface area contributed by atoms with Gasteiger partial charge in [0.25, 0.3) is 0 Å². The summed E-state index contributed by atoms with van der Waals surface area (Å²) in [6.45, 7) is -6.40. The van der Waals surface area contributed by atoms with Crippen LogP contribution in [-0.4, -0.2) is 53.3 Å². The number of hydrogen-bond acceptors (Lipinski definition) is 4. The lowest BCUT2D eigenvalue weighted by Crippen LogP contribution is -2.51. The second kappa shape index (κ2) is 8.31. The molecule has 0 saturated carbocycles. The van der Waals surface area contributed by atoms with Gasteiger partial charge in [0.1, 0.15) is 18.1 Å². The number of fused-ring (bicyclic) bond motifs is 1. The zero-order valence-corrected chi connectivity index (χ0v) is 13.9. The first-order chi connectivity index (χ1) is 18.1. The highest BCUT2D eigenvalue weighted by molar-refractivity contribution is 5.93. The molecule has 1 heterocycles. The highest BCUT2D eigenvalue weighted by atomic mass is 16.3. The molecule has 142 valence electrons. The summed E-state index contributed by atoms with van der Waals surface area (Å²) in [4.78, 5) is 39.4. The Kier molecular flexibility index (Phi) is 2.46. The predicted octanol–water partition coefficient (Wildman–Crippen LogP) is 0.380. The van der Waals surface area contributed by atoms with Crippen LogP contribution in [0.25, 0.3) is 0 Å². The Hall–Kier alpha value is -2.41. The molecule has 1 aromatic rings. The fourth-order valence-electron chi connectivity index (χ4n) is 1.89. The second-order valence-electron chi connectivity index (χ2n) is 5.52. The van der Waals surface area contributed by atoms with E-state index in [1.165, 1.54) is 24.5 Å². The molecule has 1 aromatic carbocycles. The van der Waals surface area contributed by atoms with Crippen LogP contribution in [0.4, 0.5) is 0 Å². The van der Waals surface area contributed by atoms with Crippen molar-refractivity contribution in [3.05, 3.63) is 35.3 Å². The van der Waals surface area contributed by atoms with Gasteiger partial charge in [-0.25, -0.2) is 0 Å². The lowest BCUT2D eigenvalue weighted by Gasteiger charge is -2.24. The molecule has 0 aliphatic carbocycles. The SMILES string of the molecule is [2H]c1c([2H])c([2H])c2c(c1[2H])C([2H])([2H])CN(C([2H])([2H])[2H])C(=O)[C@@]2([2H])NC(=O)C([2H])(NC(=O)[C@]([2H])(O)C(C)C)C([2H])([2H])[2H]. The van der Waals surface area contributed by atoms with Gasteiger partial charge in [-0.3, -0.25) is 14.4 Å². The summed E-state index contributed by atoms with van der Waals surface area (Å²) in [6, 6.07) is -12.1. The Morgan fingerprint density at radius 2 is 2.19 bits per heavy atom. The Labute approximate surface area is 174 Å². The van der Waals surface area contributed by atoms with Gasteiger partial charge in [0.2, 0.25) is 17.7 Å². The number of carbonyl (C=O) groups is 3. The largest absolute Gasteiger partial charge is 0.383 e. The average molecular weight is 377 g/mol. The van der Waals surface area contributed by atoms with Crippen molar-refractivity contribution in [1.29, 1.82) is 0 Å². The summed E-state index contributed by atoms with van der Waals surface area (Å²) < 4.78 is 120. The number of nitrogens with zero attached hydrogens (tertiary/aromatic N) is 1. The van der Waals surface area contributed by atoms with Gasteiger partial charge in [-0.05, 0) is 30.3 Å². The van der Waals surface area contributed by atoms with Crippen LogP contribution in [0.3, 0.4) is 0 Å². The number of amides is 3. The smallest absolute Gasteiger partial charge is 0.249 e. The number of likely N-dealkylation sites (N-methyl/N-ethyl adjacent to an activating group) is 1. The maximum atomic E-state index is 13.6. The van der Waals surface area contributed by atoms with Crippen molar-refractivity contribution in [1.82, 2.24) is 15.5 Å². The van der Waals surface area contributed by atoms with Gasteiger partial charge in [-0.1, -0.05) is 38.0 Å². The summed E-state index contributed by atoms with van der Waals surface area (Å²) in [5.74, 6) is -7.23. The number of nitrogens with one attached hydrogen (secondary N) is 2. The summed E-state index contributed by atoms with van der Waals surface area (Å²) in [7, 11) is 0. The molecule has 1 aliphatic heterocycles. The van der Waals surface area contributed by atoms with Crippen molar-refractivity contribution >= 4 is 17.7 Å². The van der Waals surface area contributed by atoms with Crippen molar-refractivity contribution in [2.45, 2.75) is 45.2 Å². The third kappa shape index (κ3) is 4.40. The molecule has 3 atom stereocenters. The van der Waals surface area contributed by atoms with Crippen LogP contribution in [0.5, 0.6) is 0 Å². The van der Waals surface area contributed by atoms with Crippen LogP contribution in [0.15, 0.2) is 24.2 Å². The average Bonchev–Trinajstić information content (AvgIpc) is 2.86. The fourth-order valence-corrected chi connectivity index (χ4v) is 1.89. The molecular weight excluding hydrogens is 334 g/mol. The van der Waals surface area contributed by atoms with E-state index in [1.807, 2.05) is 0 Å². The molecule has 1 unspecified atom stereocenters. The molecule has 3 N–H and O–H groups in total. The highest BCUT2D eigenvalue weighted by Gasteiger charge is 2.32. The lowest BCUT2D eigenvalue weighted by molar-refractivity contribution is -0.137. The minimum Gasteiger partial charge on any atom is -0.383 e. The standard InChI is InChI=1S/C19H27N3O4/c1-11(2)16(23)18(25)20-12(3)17(24)21-15-14-8-6-5-7-13(14)9-10-22(4)19(15)26/h5-8,11-12,15-16,23H,9-10H2,1-4H3,(H,20,25)(H,21,24)/t12?,15-,16+/m0/s1/i3D3,4D3,5D,6D,7D,8D,9D2,12D,15D,16D. The van der Waals surface area contributed by atoms with Gasteiger partial charge < -0.3 is 20.6 Å². The van der Waals surface area contributed by atoms with Gasteiger partial charge in [-0.2, -0.15) is 0 Å². The molecule has 1 aliphatic rings. The van der Waals surface area contributed by atoms with Crippen LogP contribution in [-0.2, 0) is 20.8 Å². The van der Waals surface area contributed by atoms with E-state index in [9.17, 15) is 19.5 Å². The summed E-state index contributed by atoms with van der Waals surface area (Å²) in [5, 5.41) is 13.0. The quantitative estimate of drug-likeness (QED) is 0.692. The fraction of sp³-hybridized carbons (Fsp3) is 0.526. The second-order valence-corrected chi connectivity index (χ2v) is 5.52. The Balaban J connectivity index is 2.93. The maximum absolute atomic E-state index is 13.6. The van der Waals surface area contributed by atoms with Crippen LogP contribution >= 0.6 is 0 Å². The van der Waals surface area contributed by atoms with E-state index in [0.717, 1.165) is 0 Å². The topological polar surface area (TPSA) is 98.7 Å². The zero-order chi connectivity index (χ0) is 32.5. The molecule has 26 heavy (non-hydrogen) atoms. The normalized spacial score (nSPS) is 35.9. The van der Waals surface area contributed by atoms with Crippen LogP contribution in [0, 0.1) is 5.92 Å². The van der Waals surface area contributed by atoms with E-state index < -0.39 is 104 Å². The summed E-state index contributed by atoms with van der Waals surface area (Å²) >= 11 is 0. The van der Waals surface area contributed by atoms with Gasteiger partial charge >= 0.3 is 0 Å². The van der Waals surface area contributed by atoms with Crippen molar-refractivity contribution < 1.29 is 40.1 Å². The molecule has 3 amide bonds. The minimum atomic E-state index is -3.87. The van der Waals surface area contributed by atoms with Gasteiger partial charge in [0.05, 0.1) is 9.60 Å². The predicted molar refractivity (Wildman–Crippen MR) is 97.1 cm³/mol. The molecule has 7 heteroatoms. The zero-order valence-electron chi connectivity index (χ0n) is 28.9. The van der Waals surface area contributed by atoms with E-state index in [0.29, 0.717) is 0 Å². The third-order valence-corrected chi connectivity index (χ3v) is 3.29. The van der Waals surface area contributed by atoms with E-state index in [1.54, 1.807) is 0 Å². The van der Waals surface area contributed by atoms with Crippen LogP contribution in [0.1, 0.15) is 58.4 Å². The van der Waals surface area contributed by atoms with Crippen LogP contribution in [0.2, 0.25) is 0 Å². The first-order valence-corrected chi connectivity index (χ1v) is 7.40. The Bertz CT molecular complexity index is 1280. The van der Waals surface area contributed by atoms with E-state index in [-0.39, 0.29) is 4.90 Å². The third-order valence-electron chi connectivity index (χ3n) is 3.29. The first-order valence-electron chi connectivity index (χ1n) is 14.9. The monoisotopic (exact) mass is 376 g/mol. The first kappa shape index (κ1) is 7.68. The molecule has 0 spiro atoms. The van der Waals surface area contributed by atoms with Crippen molar-refractivity contribution in [2.75, 3.05) is 13.5 Å². The Morgan fingerprint density at radius 3 is 2.85 bits per heavy atom.